The minimum atomic E-state index is -0.148. The summed E-state index contributed by atoms with van der Waals surface area (Å²) in [6.07, 6.45) is 3.65. The van der Waals surface area contributed by atoms with Gasteiger partial charge in [0, 0.05) is 25.4 Å². The van der Waals surface area contributed by atoms with E-state index in [2.05, 4.69) is 15.1 Å². The molecule has 2 aromatic heterocycles. The summed E-state index contributed by atoms with van der Waals surface area (Å²) in [5, 5.41) is 3.83. The predicted molar refractivity (Wildman–Crippen MR) is 79.5 cm³/mol. The largest absolute Gasteiger partial charge is 0.477 e. The molecule has 122 valence electrons. The zero-order chi connectivity index (χ0) is 16.4. The average molecular weight is 318 g/mol. The molecule has 1 aliphatic rings. The number of aryl methyl sites for hydroxylation is 2. The van der Waals surface area contributed by atoms with Crippen LogP contribution in [-0.2, 0) is 0 Å². The first-order valence-corrected chi connectivity index (χ1v) is 7.34. The van der Waals surface area contributed by atoms with Crippen molar-refractivity contribution in [2.45, 2.75) is 26.4 Å². The third kappa shape index (κ3) is 2.96. The van der Waals surface area contributed by atoms with Crippen LogP contribution in [0, 0.1) is 13.8 Å². The maximum atomic E-state index is 12.6. The number of carbonyl (C=O) groups is 1. The Balaban J connectivity index is 1.68. The topological polar surface area (TPSA) is 90.6 Å². The average Bonchev–Trinajstić information content (AvgIpc) is 3.14. The molecule has 8 heteroatoms. The summed E-state index contributed by atoms with van der Waals surface area (Å²) in [6, 6.07) is 0. The number of likely N-dealkylation sites (tertiary alicyclic amines) is 1. The van der Waals surface area contributed by atoms with E-state index in [1.54, 1.807) is 24.9 Å². The Morgan fingerprint density at radius 3 is 2.70 bits per heavy atom. The van der Waals surface area contributed by atoms with E-state index in [1.165, 1.54) is 13.3 Å². The van der Waals surface area contributed by atoms with Crippen LogP contribution in [-0.4, -0.2) is 52.2 Å². The van der Waals surface area contributed by atoms with E-state index in [-0.39, 0.29) is 12.0 Å². The zero-order valence-electron chi connectivity index (χ0n) is 13.3. The van der Waals surface area contributed by atoms with Crippen molar-refractivity contribution in [3.63, 3.8) is 0 Å². The van der Waals surface area contributed by atoms with Crippen LogP contribution in [0.2, 0.25) is 0 Å². The van der Waals surface area contributed by atoms with Gasteiger partial charge in [0.15, 0.2) is 0 Å². The van der Waals surface area contributed by atoms with Crippen LogP contribution >= 0.6 is 0 Å². The summed E-state index contributed by atoms with van der Waals surface area (Å²) in [7, 11) is 1.51. The van der Waals surface area contributed by atoms with E-state index in [9.17, 15) is 4.79 Å². The van der Waals surface area contributed by atoms with Gasteiger partial charge in [0.25, 0.3) is 17.7 Å². The van der Waals surface area contributed by atoms with Crippen LogP contribution in [0.4, 0.5) is 0 Å². The van der Waals surface area contributed by atoms with E-state index in [0.29, 0.717) is 41.9 Å². The van der Waals surface area contributed by atoms with Crippen LogP contribution in [0.1, 0.15) is 28.2 Å². The highest BCUT2D eigenvalue weighted by atomic mass is 16.5. The van der Waals surface area contributed by atoms with Gasteiger partial charge in [0.1, 0.15) is 17.4 Å². The quantitative estimate of drug-likeness (QED) is 0.841. The molecule has 8 nitrogen and oxygen atoms in total. The number of amides is 1. The van der Waals surface area contributed by atoms with Crippen molar-refractivity contribution in [3.05, 3.63) is 29.4 Å². The molecule has 0 N–H and O–H groups in total. The molecule has 0 bridgehead atoms. The second kappa shape index (κ2) is 6.23. The van der Waals surface area contributed by atoms with Crippen LogP contribution in [0.5, 0.6) is 11.8 Å². The van der Waals surface area contributed by atoms with Gasteiger partial charge < -0.3 is 18.9 Å². The summed E-state index contributed by atoms with van der Waals surface area (Å²) >= 11 is 0. The van der Waals surface area contributed by atoms with Gasteiger partial charge in [0.2, 0.25) is 0 Å². The van der Waals surface area contributed by atoms with Gasteiger partial charge in [-0.15, -0.1) is 0 Å². The van der Waals surface area contributed by atoms with Crippen molar-refractivity contribution < 1.29 is 18.8 Å². The summed E-state index contributed by atoms with van der Waals surface area (Å²) in [5.74, 6) is 1.13. The number of rotatable bonds is 4. The maximum Gasteiger partial charge on any atom is 0.278 e. The fourth-order valence-corrected chi connectivity index (χ4v) is 2.65. The van der Waals surface area contributed by atoms with Gasteiger partial charge in [-0.3, -0.25) is 4.79 Å². The second-order valence-corrected chi connectivity index (χ2v) is 5.35. The highest BCUT2D eigenvalue weighted by molar-refractivity contribution is 5.96. The zero-order valence-corrected chi connectivity index (χ0v) is 13.3. The van der Waals surface area contributed by atoms with Gasteiger partial charge in [0.05, 0.1) is 19.3 Å². The van der Waals surface area contributed by atoms with Gasteiger partial charge in [-0.2, -0.15) is 0 Å². The fourth-order valence-electron chi connectivity index (χ4n) is 2.65. The lowest BCUT2D eigenvalue weighted by atomic mass is 10.2. The molecule has 1 aliphatic heterocycles. The molecule has 1 atom stereocenters. The Hall–Kier alpha value is -2.64. The lowest BCUT2D eigenvalue weighted by Gasteiger charge is -2.17. The first kappa shape index (κ1) is 15.3. The maximum absolute atomic E-state index is 12.6. The minimum Gasteiger partial charge on any atom is -0.477 e. The van der Waals surface area contributed by atoms with Crippen LogP contribution in [0.25, 0.3) is 0 Å². The Labute approximate surface area is 133 Å². The molecular formula is C15H18N4O4. The molecule has 0 aliphatic carbocycles. The number of hydrogen-bond donors (Lipinski definition) is 0. The van der Waals surface area contributed by atoms with Crippen molar-refractivity contribution in [2.75, 3.05) is 20.2 Å². The van der Waals surface area contributed by atoms with E-state index in [0.717, 1.165) is 6.42 Å². The summed E-state index contributed by atoms with van der Waals surface area (Å²) in [6.45, 7) is 4.58. The first-order valence-electron chi connectivity index (χ1n) is 7.34. The Bertz CT molecular complexity index is 696. The molecule has 0 spiro atoms. The SMILES string of the molecule is COc1nccnc1OC1CCN(C(=O)c2c(C)noc2C)C1. The number of hydrogen-bond acceptors (Lipinski definition) is 7. The first-order chi connectivity index (χ1) is 11.1. The van der Waals surface area contributed by atoms with E-state index in [1.807, 2.05) is 0 Å². The normalized spacial score (nSPS) is 17.3. The van der Waals surface area contributed by atoms with Gasteiger partial charge >= 0.3 is 0 Å². The van der Waals surface area contributed by atoms with Crippen LogP contribution in [0.15, 0.2) is 16.9 Å². The summed E-state index contributed by atoms with van der Waals surface area (Å²) in [4.78, 5) is 22.5. The number of nitrogens with zero attached hydrogens (tertiary/aromatic N) is 4. The van der Waals surface area contributed by atoms with E-state index in [4.69, 9.17) is 14.0 Å². The van der Waals surface area contributed by atoms with Crippen molar-refractivity contribution in [1.82, 2.24) is 20.0 Å². The molecule has 0 saturated carbocycles. The van der Waals surface area contributed by atoms with E-state index >= 15 is 0 Å². The highest BCUT2D eigenvalue weighted by Crippen LogP contribution is 2.25. The van der Waals surface area contributed by atoms with E-state index < -0.39 is 0 Å². The number of methoxy groups -OCH3 is 1. The third-order valence-electron chi connectivity index (χ3n) is 3.78. The Morgan fingerprint density at radius 1 is 1.30 bits per heavy atom. The molecule has 1 fully saturated rings. The number of carbonyl (C=O) groups excluding carboxylic acids is 1. The van der Waals surface area contributed by atoms with Crippen LogP contribution < -0.4 is 9.47 Å². The summed E-state index contributed by atoms with van der Waals surface area (Å²) in [5.41, 5.74) is 1.13. The molecule has 0 aromatic carbocycles. The van der Waals surface area contributed by atoms with Crippen molar-refractivity contribution >= 4 is 5.91 Å². The molecule has 23 heavy (non-hydrogen) atoms. The molecular weight excluding hydrogens is 300 g/mol. The molecule has 1 unspecified atom stereocenters. The fraction of sp³-hybridized carbons (Fsp3) is 0.467. The Kier molecular flexibility index (Phi) is 4.14. The molecule has 2 aromatic rings. The highest BCUT2D eigenvalue weighted by Gasteiger charge is 2.32. The molecule has 0 radical (unpaired) electrons. The lowest BCUT2D eigenvalue weighted by molar-refractivity contribution is 0.0768. The minimum absolute atomic E-state index is 0.0848. The smallest absolute Gasteiger partial charge is 0.278 e. The number of ether oxygens (including phenoxy) is 2. The number of aromatic nitrogens is 3. The van der Waals surface area contributed by atoms with Gasteiger partial charge in [-0.1, -0.05) is 5.16 Å². The third-order valence-corrected chi connectivity index (χ3v) is 3.78. The Morgan fingerprint density at radius 2 is 2.04 bits per heavy atom. The van der Waals surface area contributed by atoms with Crippen molar-refractivity contribution in [3.8, 4) is 11.8 Å². The van der Waals surface area contributed by atoms with Crippen molar-refractivity contribution in [2.24, 2.45) is 0 Å². The summed E-state index contributed by atoms with van der Waals surface area (Å²) < 4.78 is 16.0. The van der Waals surface area contributed by atoms with Crippen LogP contribution in [0.3, 0.4) is 0 Å². The van der Waals surface area contributed by atoms with Crippen molar-refractivity contribution in [1.29, 1.82) is 0 Å². The predicted octanol–water partition coefficient (Wildman–Crippen LogP) is 1.38. The lowest BCUT2D eigenvalue weighted by Crippen LogP contribution is -2.31. The monoisotopic (exact) mass is 318 g/mol. The molecule has 1 saturated heterocycles. The second-order valence-electron chi connectivity index (χ2n) is 5.35. The molecule has 3 rings (SSSR count). The van der Waals surface area contributed by atoms with Gasteiger partial charge in [-0.05, 0) is 13.8 Å². The standard InChI is InChI=1S/C15H18N4O4/c1-9-12(10(2)23-18-9)15(20)19-7-4-11(8-19)22-14-13(21-3)16-5-6-17-14/h5-6,11H,4,7-8H2,1-3H3. The van der Waals surface area contributed by atoms with Gasteiger partial charge in [-0.25, -0.2) is 9.97 Å². The molecule has 1 amide bonds. The molecule has 3 heterocycles.